The van der Waals surface area contributed by atoms with Crippen LogP contribution in [0, 0.1) is 5.92 Å². The smallest absolute Gasteiger partial charge is 0.0247 e. The van der Waals surface area contributed by atoms with Gasteiger partial charge in [-0.05, 0) is 32.6 Å². The number of hydrogen-bond donors (Lipinski definition) is 1. The summed E-state index contributed by atoms with van der Waals surface area (Å²) in [5.74, 6) is 2.13. The first-order chi connectivity index (χ1) is 8.62. The van der Waals surface area contributed by atoms with Crippen LogP contribution in [0.4, 0.5) is 0 Å². The van der Waals surface area contributed by atoms with Crippen LogP contribution in [0.15, 0.2) is 0 Å². The molecule has 106 valence electrons. The molecular formula is C15H30N2S. The predicted molar refractivity (Wildman–Crippen MR) is 82.1 cm³/mol. The van der Waals surface area contributed by atoms with Crippen LogP contribution in [0.1, 0.15) is 52.4 Å². The molecule has 2 N–H and O–H groups in total. The molecule has 0 amide bonds. The maximum absolute atomic E-state index is 6.13. The van der Waals surface area contributed by atoms with E-state index in [0.717, 1.165) is 12.5 Å². The van der Waals surface area contributed by atoms with Gasteiger partial charge in [0.25, 0.3) is 0 Å². The van der Waals surface area contributed by atoms with E-state index < -0.39 is 0 Å². The fourth-order valence-electron chi connectivity index (χ4n) is 3.67. The summed E-state index contributed by atoms with van der Waals surface area (Å²) in [5, 5.41) is 0. The quantitative estimate of drug-likeness (QED) is 0.799. The van der Waals surface area contributed by atoms with E-state index in [4.69, 9.17) is 5.73 Å². The molecule has 0 bridgehead atoms. The summed E-state index contributed by atoms with van der Waals surface area (Å²) in [6, 6.07) is 0.642. The zero-order chi connectivity index (χ0) is 13.0. The van der Waals surface area contributed by atoms with Crippen LogP contribution in [0.25, 0.3) is 0 Å². The third-order valence-electron chi connectivity index (χ3n) is 4.61. The molecule has 1 aliphatic heterocycles. The van der Waals surface area contributed by atoms with Crippen LogP contribution in [-0.2, 0) is 0 Å². The lowest BCUT2D eigenvalue weighted by Crippen LogP contribution is -2.53. The molecular weight excluding hydrogens is 240 g/mol. The number of hydrogen-bond acceptors (Lipinski definition) is 3. The molecule has 1 atom stereocenters. The van der Waals surface area contributed by atoms with E-state index in [1.165, 1.54) is 57.4 Å². The molecule has 2 aliphatic rings. The molecule has 2 fully saturated rings. The topological polar surface area (TPSA) is 29.3 Å². The van der Waals surface area contributed by atoms with Crippen LogP contribution in [0.5, 0.6) is 0 Å². The number of rotatable bonds is 3. The Morgan fingerprint density at radius 1 is 1.22 bits per heavy atom. The summed E-state index contributed by atoms with van der Waals surface area (Å²) in [4.78, 5) is 2.70. The summed E-state index contributed by atoms with van der Waals surface area (Å²) in [6.45, 7) is 8.07. The molecule has 1 aliphatic carbocycles. The molecule has 18 heavy (non-hydrogen) atoms. The van der Waals surface area contributed by atoms with E-state index in [2.05, 4.69) is 30.5 Å². The lowest BCUT2D eigenvalue weighted by Gasteiger charge is -2.44. The highest BCUT2D eigenvalue weighted by molar-refractivity contribution is 8.00. The Balaban J connectivity index is 1.98. The first-order valence-electron chi connectivity index (χ1n) is 7.70. The highest BCUT2D eigenvalue weighted by atomic mass is 32.2. The predicted octanol–water partition coefficient (Wildman–Crippen LogP) is 3.11. The van der Waals surface area contributed by atoms with Crippen molar-refractivity contribution in [3.8, 4) is 0 Å². The van der Waals surface area contributed by atoms with Gasteiger partial charge in [-0.3, -0.25) is 4.90 Å². The molecule has 0 radical (unpaired) electrons. The largest absolute Gasteiger partial charge is 0.329 e. The van der Waals surface area contributed by atoms with E-state index in [0.29, 0.717) is 10.8 Å². The van der Waals surface area contributed by atoms with Crippen LogP contribution in [0.3, 0.4) is 0 Å². The van der Waals surface area contributed by atoms with Crippen LogP contribution < -0.4 is 5.73 Å². The van der Waals surface area contributed by atoms with Gasteiger partial charge in [-0.15, -0.1) is 0 Å². The van der Waals surface area contributed by atoms with Gasteiger partial charge in [-0.25, -0.2) is 0 Å². The second kappa shape index (κ2) is 6.62. The Labute approximate surface area is 117 Å². The summed E-state index contributed by atoms with van der Waals surface area (Å²) in [5.41, 5.74) is 6.13. The molecule has 1 saturated carbocycles. The normalized spacial score (nSPS) is 28.8. The van der Waals surface area contributed by atoms with E-state index in [9.17, 15) is 0 Å². The highest BCUT2D eigenvalue weighted by Gasteiger charge is 2.34. The SMILES string of the molecule is CC1(C)CN(C(CN)C2CCCCCC2)CCS1. The minimum Gasteiger partial charge on any atom is -0.329 e. The number of thioether (sulfide) groups is 1. The molecule has 2 nitrogen and oxygen atoms in total. The summed E-state index contributed by atoms with van der Waals surface area (Å²) in [7, 11) is 0. The van der Waals surface area contributed by atoms with E-state index >= 15 is 0 Å². The van der Waals surface area contributed by atoms with Crippen molar-refractivity contribution in [3.63, 3.8) is 0 Å². The lowest BCUT2D eigenvalue weighted by molar-refractivity contribution is 0.129. The Morgan fingerprint density at radius 2 is 1.89 bits per heavy atom. The first kappa shape index (κ1) is 14.7. The molecule has 0 aromatic heterocycles. The zero-order valence-corrected chi connectivity index (χ0v) is 13.0. The average Bonchev–Trinajstić information content (AvgIpc) is 2.58. The van der Waals surface area contributed by atoms with Crippen molar-refractivity contribution in [2.45, 2.75) is 63.2 Å². The standard InChI is InChI=1S/C15H30N2S/c1-15(2)12-17(9-10-18-15)14(11-16)13-7-5-3-4-6-8-13/h13-14H,3-12,16H2,1-2H3. The van der Waals surface area contributed by atoms with Crippen molar-refractivity contribution in [1.82, 2.24) is 4.90 Å². The fraction of sp³-hybridized carbons (Fsp3) is 1.00. The van der Waals surface area contributed by atoms with Gasteiger partial charge >= 0.3 is 0 Å². The first-order valence-corrected chi connectivity index (χ1v) is 8.69. The highest BCUT2D eigenvalue weighted by Crippen LogP contribution is 2.34. The van der Waals surface area contributed by atoms with Gasteiger partial charge in [0.15, 0.2) is 0 Å². The molecule has 3 heteroatoms. The summed E-state index contributed by atoms with van der Waals surface area (Å²) in [6.07, 6.45) is 8.54. The van der Waals surface area contributed by atoms with Crippen LogP contribution >= 0.6 is 11.8 Å². The van der Waals surface area contributed by atoms with Gasteiger partial charge in [-0.1, -0.05) is 25.7 Å². The monoisotopic (exact) mass is 270 g/mol. The minimum absolute atomic E-state index is 0.413. The van der Waals surface area contributed by atoms with Gasteiger partial charge in [0.2, 0.25) is 0 Å². The van der Waals surface area contributed by atoms with Gasteiger partial charge in [-0.2, -0.15) is 11.8 Å². The van der Waals surface area contributed by atoms with E-state index in [1.807, 2.05) is 0 Å². The number of nitrogens with zero attached hydrogens (tertiary/aromatic N) is 1. The minimum atomic E-state index is 0.413. The maximum Gasteiger partial charge on any atom is 0.0247 e. The molecule has 1 heterocycles. The number of nitrogens with two attached hydrogens (primary N) is 1. The molecule has 1 unspecified atom stereocenters. The zero-order valence-electron chi connectivity index (χ0n) is 12.2. The Bertz CT molecular complexity index is 247. The Hall–Kier alpha value is 0.270. The van der Waals surface area contributed by atoms with Gasteiger partial charge in [0, 0.05) is 36.2 Å². The molecule has 0 aromatic carbocycles. The lowest BCUT2D eigenvalue weighted by atomic mass is 9.90. The third-order valence-corrected chi connectivity index (χ3v) is 5.91. The molecule has 2 rings (SSSR count). The van der Waals surface area contributed by atoms with Crippen molar-refractivity contribution < 1.29 is 0 Å². The Morgan fingerprint density at radius 3 is 2.44 bits per heavy atom. The van der Waals surface area contributed by atoms with Crippen molar-refractivity contribution >= 4 is 11.8 Å². The Kier molecular flexibility index (Phi) is 5.40. The maximum atomic E-state index is 6.13. The van der Waals surface area contributed by atoms with Crippen LogP contribution in [-0.4, -0.2) is 41.1 Å². The van der Waals surface area contributed by atoms with Crippen molar-refractivity contribution in [2.24, 2.45) is 11.7 Å². The summed E-state index contributed by atoms with van der Waals surface area (Å²) >= 11 is 2.12. The van der Waals surface area contributed by atoms with Gasteiger partial charge in [0.05, 0.1) is 0 Å². The second-order valence-electron chi connectivity index (χ2n) is 6.63. The fourth-order valence-corrected chi connectivity index (χ4v) is 4.81. The van der Waals surface area contributed by atoms with Gasteiger partial charge in [0.1, 0.15) is 0 Å². The van der Waals surface area contributed by atoms with Crippen molar-refractivity contribution in [3.05, 3.63) is 0 Å². The molecule has 0 spiro atoms. The van der Waals surface area contributed by atoms with Crippen LogP contribution in [0.2, 0.25) is 0 Å². The molecule has 1 saturated heterocycles. The second-order valence-corrected chi connectivity index (χ2v) is 8.44. The van der Waals surface area contributed by atoms with E-state index in [-0.39, 0.29) is 0 Å². The van der Waals surface area contributed by atoms with Gasteiger partial charge < -0.3 is 5.73 Å². The third kappa shape index (κ3) is 3.88. The average molecular weight is 270 g/mol. The van der Waals surface area contributed by atoms with Crippen molar-refractivity contribution in [2.75, 3.05) is 25.4 Å². The van der Waals surface area contributed by atoms with E-state index in [1.54, 1.807) is 0 Å². The summed E-state index contributed by atoms with van der Waals surface area (Å²) < 4.78 is 0.413. The molecule has 0 aromatic rings. The van der Waals surface area contributed by atoms with Crippen molar-refractivity contribution in [1.29, 1.82) is 0 Å².